The summed E-state index contributed by atoms with van der Waals surface area (Å²) in [5, 5.41) is -0.984. The Kier molecular flexibility index (Phi) is 3.10. The van der Waals surface area contributed by atoms with Gasteiger partial charge in [-0.3, -0.25) is 4.57 Å². The Morgan fingerprint density at radius 2 is 1.09 bits per heavy atom. The molecule has 0 N–H and O–H groups in total. The molecule has 0 aliphatic rings. The lowest BCUT2D eigenvalue weighted by atomic mass is 9.86. The van der Waals surface area contributed by atoms with Crippen LogP contribution in [0.4, 0.5) is 0 Å². The molecule has 0 atom stereocenters. The maximum Gasteiger partial charge on any atom is 0.114 e. The van der Waals surface area contributed by atoms with Crippen molar-refractivity contribution in [3.8, 4) is 39.1 Å². The molecule has 2 nitrogen and oxygen atoms in total. The van der Waals surface area contributed by atoms with E-state index in [-0.39, 0.29) is 44.1 Å². The van der Waals surface area contributed by atoms with Gasteiger partial charge in [-0.05, 0) is 79.2 Å². The van der Waals surface area contributed by atoms with Crippen molar-refractivity contribution >= 4 is 32.6 Å². The topological polar surface area (TPSA) is 17.8 Å². The van der Waals surface area contributed by atoms with E-state index in [1.807, 2.05) is 0 Å². The molecule has 1 heterocycles. The van der Waals surface area contributed by atoms with E-state index >= 15 is 0 Å². The van der Waals surface area contributed by atoms with Crippen LogP contribution in [0.1, 0.15) is 37.3 Å². The van der Waals surface area contributed by atoms with Crippen molar-refractivity contribution in [3.63, 3.8) is 0 Å². The van der Waals surface area contributed by atoms with E-state index in [1.165, 1.54) is 4.57 Å². The minimum absolute atomic E-state index is 0.00468. The van der Waals surface area contributed by atoms with Crippen LogP contribution in [0.25, 0.3) is 71.6 Å². The molecule has 204 valence electrons. The van der Waals surface area contributed by atoms with E-state index in [2.05, 4.69) is 4.98 Å². The lowest BCUT2D eigenvalue weighted by Gasteiger charge is -2.18. The van der Waals surface area contributed by atoms with Crippen LogP contribution in [0.15, 0.2) is 151 Å². The highest BCUT2D eigenvalue weighted by molar-refractivity contribution is 6.21. The van der Waals surface area contributed by atoms with Gasteiger partial charge in [-0.25, -0.2) is 4.98 Å². The van der Waals surface area contributed by atoms with Gasteiger partial charge in [0.25, 0.3) is 0 Å². The van der Waals surface area contributed by atoms with Gasteiger partial charge < -0.3 is 0 Å². The summed E-state index contributed by atoms with van der Waals surface area (Å²) >= 11 is 0. The van der Waals surface area contributed by atoms with Gasteiger partial charge in [-0.15, -0.1) is 0 Å². The van der Waals surface area contributed by atoms with E-state index in [4.69, 9.17) is 24.7 Å². The lowest BCUT2D eigenvalue weighted by Crippen LogP contribution is -1.99. The highest BCUT2D eigenvalue weighted by Crippen LogP contribution is 2.43. The van der Waals surface area contributed by atoms with Crippen molar-refractivity contribution in [3.05, 3.63) is 157 Å². The second-order valence-electron chi connectivity index (χ2n) is 9.76. The fourth-order valence-electron chi connectivity index (χ4n) is 5.54. The number of hydrogen-bond acceptors (Lipinski definition) is 1. The third kappa shape index (κ3) is 4.23. The Hall–Kier alpha value is -5.47. The zero-order valence-electron chi connectivity index (χ0n) is 40.3. The number of hydrogen-bond donors (Lipinski definition) is 0. The van der Waals surface area contributed by atoms with Crippen molar-refractivity contribution in [2.24, 2.45) is 0 Å². The summed E-state index contributed by atoms with van der Waals surface area (Å²) < 4.78 is 156. The van der Waals surface area contributed by atoms with E-state index in [9.17, 15) is 0 Å². The minimum Gasteiger partial charge on any atom is -0.296 e. The molecular weight excluding hydrogens is 520 g/mol. The van der Waals surface area contributed by atoms with Crippen LogP contribution in [0, 0.1) is 0 Å². The van der Waals surface area contributed by atoms with Crippen LogP contribution in [-0.4, -0.2) is 9.55 Å². The van der Waals surface area contributed by atoms with Gasteiger partial charge in [0.05, 0.1) is 28.9 Å². The Morgan fingerprint density at radius 3 is 1.70 bits per heavy atom. The fraction of sp³-hybridized carbons (Fsp3) is 0.0488. The molecule has 0 saturated heterocycles. The molecule has 0 amide bonds. The maximum absolute atomic E-state index is 9.15. The van der Waals surface area contributed by atoms with Crippen molar-refractivity contribution in [2.75, 3.05) is 0 Å². The largest absolute Gasteiger partial charge is 0.296 e. The Bertz CT molecular complexity index is 3060. The molecule has 8 rings (SSSR count). The van der Waals surface area contributed by atoms with Gasteiger partial charge in [0.2, 0.25) is 0 Å². The lowest BCUT2D eigenvalue weighted by molar-refractivity contribution is 0.908. The van der Waals surface area contributed by atoms with Gasteiger partial charge in [0.1, 0.15) is 5.82 Å². The second kappa shape index (κ2) is 10.4. The first-order valence-electron chi connectivity index (χ1n) is 22.3. The minimum atomic E-state index is -3.02. The summed E-state index contributed by atoms with van der Waals surface area (Å²) in [5.74, 6) is -0.293. The molecule has 0 radical (unpaired) electrons. The number of rotatable bonds is 5. The smallest absolute Gasteiger partial charge is 0.114 e. The fourth-order valence-corrected chi connectivity index (χ4v) is 5.54. The molecule has 0 aliphatic carbocycles. The highest BCUT2D eigenvalue weighted by Gasteiger charge is 2.16. The number of benzene rings is 7. The Labute approximate surface area is 276 Å². The normalized spacial score (nSPS) is 18.0. The Morgan fingerprint density at radius 1 is 0.581 bits per heavy atom. The molecule has 0 fully saturated rings. The predicted molar refractivity (Wildman–Crippen MR) is 182 cm³/mol. The van der Waals surface area contributed by atoms with E-state index in [1.54, 1.807) is 72.8 Å². The summed E-state index contributed by atoms with van der Waals surface area (Å²) in [6.07, 6.45) is -2.80. The number of para-hydroxylation sites is 2. The average molecular weight is 569 g/mol. The quantitative estimate of drug-likeness (QED) is 0.189. The zero-order chi connectivity index (χ0) is 44.4. The van der Waals surface area contributed by atoms with Gasteiger partial charge >= 0.3 is 0 Å². The molecule has 0 spiro atoms. The third-order valence-electron chi connectivity index (χ3n) is 7.43. The molecule has 8 aromatic rings. The third-order valence-corrected chi connectivity index (χ3v) is 7.43. The summed E-state index contributed by atoms with van der Waals surface area (Å²) in [6, 6.07) is 11.4. The highest BCUT2D eigenvalue weighted by atomic mass is 15.1. The zero-order valence-corrected chi connectivity index (χ0v) is 22.3. The first-order chi connectivity index (χ1) is 28.6. The van der Waals surface area contributed by atoms with Crippen molar-refractivity contribution < 1.29 is 24.7 Å². The molecular formula is C41H30N2. The van der Waals surface area contributed by atoms with Gasteiger partial charge in [-0.1, -0.05) is 134 Å². The van der Waals surface area contributed by atoms with E-state index in [0.717, 1.165) is 0 Å². The van der Waals surface area contributed by atoms with Crippen LogP contribution in [0.5, 0.6) is 0 Å². The first-order valence-corrected chi connectivity index (χ1v) is 13.3. The van der Waals surface area contributed by atoms with Crippen molar-refractivity contribution in [1.29, 1.82) is 0 Å². The van der Waals surface area contributed by atoms with Gasteiger partial charge in [-0.2, -0.15) is 0 Å². The summed E-state index contributed by atoms with van der Waals surface area (Å²) in [7, 11) is 0. The van der Waals surface area contributed by atoms with Crippen LogP contribution in [0.3, 0.4) is 0 Å². The number of aryl methyl sites for hydroxylation is 1. The standard InChI is InChI=1S/C41H30N2/c1-2-39-42-37-18-10-11-19-38(37)43(39)32-26-24-29(25-27-32)28-20-22-31(23-21-28)41-35-16-8-6-14-33(35)40(30-12-4-3-5-13-30)34-15-7-9-17-36(34)41/h3-27H,2H2,1H3/i1D3,2D2,3D,4D,5D,6D,7D,8D,9D,12D,13D,14D,15D,16D,17D. The molecule has 7 aromatic carbocycles. The van der Waals surface area contributed by atoms with Gasteiger partial charge in [0, 0.05) is 18.9 Å². The molecule has 0 saturated carbocycles. The number of nitrogens with zero attached hydrogens (tertiary/aromatic N) is 2. The van der Waals surface area contributed by atoms with Crippen LogP contribution in [-0.2, 0) is 6.37 Å². The maximum atomic E-state index is 9.15. The van der Waals surface area contributed by atoms with E-state index in [0.29, 0.717) is 27.8 Å². The van der Waals surface area contributed by atoms with Crippen LogP contribution in [0.2, 0.25) is 0 Å². The molecule has 0 unspecified atom stereocenters. The number of imidazole rings is 1. The number of fused-ring (bicyclic) bond motifs is 3. The van der Waals surface area contributed by atoms with Gasteiger partial charge in [0.15, 0.2) is 0 Å². The van der Waals surface area contributed by atoms with Crippen molar-refractivity contribution in [1.82, 2.24) is 9.55 Å². The SMILES string of the molecule is [2H]c1c([2H])c([2H])c(-c2c3c([2H])c([2H])c([2H])c([2H])c3c(-c3ccc(-c4ccc(-n5c(C([2H])([2H])C([2H])([2H])[2H])nc6ccccc65)cc4)cc3)c3c([2H])c([2H])c([2H])c([2H])c23)c([2H])c1[2H]. The van der Waals surface area contributed by atoms with E-state index < -0.39 is 97.3 Å². The molecule has 43 heavy (non-hydrogen) atoms. The summed E-state index contributed by atoms with van der Waals surface area (Å²) in [4.78, 5) is 4.37. The predicted octanol–water partition coefficient (Wildman–Crippen LogP) is 10.9. The summed E-state index contributed by atoms with van der Waals surface area (Å²) in [6.45, 7) is -3.02. The summed E-state index contributed by atoms with van der Waals surface area (Å²) in [5.41, 5.74) is 2.07. The molecule has 0 aliphatic heterocycles. The van der Waals surface area contributed by atoms with Crippen LogP contribution >= 0.6 is 0 Å². The molecule has 0 bridgehead atoms. The monoisotopic (exact) mass is 568 g/mol. The molecule has 1 aromatic heterocycles. The average Bonchev–Trinajstić information content (AvgIpc) is 3.64. The Balaban J connectivity index is 1.37. The molecule has 2 heteroatoms. The van der Waals surface area contributed by atoms with Crippen molar-refractivity contribution in [2.45, 2.75) is 13.2 Å². The first kappa shape index (κ1) is 12.8. The van der Waals surface area contributed by atoms with Crippen LogP contribution < -0.4 is 0 Å². The second-order valence-corrected chi connectivity index (χ2v) is 9.76. The number of aromatic nitrogens is 2.